The van der Waals surface area contributed by atoms with E-state index in [9.17, 15) is 4.79 Å². The number of rotatable bonds is 4. The van der Waals surface area contributed by atoms with Crippen molar-refractivity contribution in [2.75, 3.05) is 13.1 Å². The van der Waals surface area contributed by atoms with Crippen molar-refractivity contribution < 1.29 is 4.79 Å². The second-order valence-corrected chi connectivity index (χ2v) is 2.52. The van der Waals surface area contributed by atoms with E-state index in [4.69, 9.17) is 17.1 Å². The topological polar surface area (TPSA) is 77.9 Å². The minimum Gasteiger partial charge on any atom is -0.355 e. The molecule has 0 aliphatic carbocycles. The number of carbonyl (C=O) groups is 1. The third-order valence-corrected chi connectivity index (χ3v) is 1.13. The normalized spacial score (nSPS) is 11.5. The summed E-state index contributed by atoms with van der Waals surface area (Å²) in [7, 11) is 0. The van der Waals surface area contributed by atoms with E-state index in [1.54, 1.807) is 6.92 Å². The Labute approximate surface area is 69.3 Å². The molecule has 0 radical (unpaired) electrons. The number of carbonyl (C=O) groups excluding carboxylic acids is 1. The van der Waals surface area contributed by atoms with Gasteiger partial charge in [-0.25, -0.2) is 0 Å². The molecule has 0 heterocycles. The van der Waals surface area contributed by atoms with Gasteiger partial charge in [0.1, 0.15) is 5.38 Å². The third-order valence-electron chi connectivity index (χ3n) is 0.936. The molecule has 0 aromatic rings. The quantitative estimate of drug-likeness (QED) is 0.224. The number of azide groups is 1. The van der Waals surface area contributed by atoms with Gasteiger partial charge in [-0.05, 0) is 12.5 Å². The molecule has 62 valence electrons. The zero-order chi connectivity index (χ0) is 8.69. The van der Waals surface area contributed by atoms with Crippen LogP contribution in [0.3, 0.4) is 0 Å². The minimum atomic E-state index is -0.541. The van der Waals surface area contributed by atoms with Crippen LogP contribution in [0.2, 0.25) is 0 Å². The van der Waals surface area contributed by atoms with Crippen molar-refractivity contribution in [3.63, 3.8) is 0 Å². The van der Waals surface area contributed by atoms with Gasteiger partial charge in [-0.2, -0.15) is 0 Å². The molecule has 0 spiro atoms. The molecule has 0 rings (SSSR count). The van der Waals surface area contributed by atoms with E-state index >= 15 is 0 Å². The first kappa shape index (κ1) is 10.1. The number of amides is 1. The van der Waals surface area contributed by atoms with Gasteiger partial charge in [0.05, 0.1) is 0 Å². The summed E-state index contributed by atoms with van der Waals surface area (Å²) >= 11 is 5.43. The Bertz CT molecular complexity index is 175. The first-order valence-electron chi connectivity index (χ1n) is 3.11. The highest BCUT2D eigenvalue weighted by molar-refractivity contribution is 6.30. The summed E-state index contributed by atoms with van der Waals surface area (Å²) in [5, 5.41) is 5.17. The van der Waals surface area contributed by atoms with Crippen LogP contribution >= 0.6 is 11.6 Å². The summed E-state index contributed by atoms with van der Waals surface area (Å²) in [6.45, 7) is 2.16. The Morgan fingerprint density at radius 1 is 1.91 bits per heavy atom. The predicted octanol–water partition coefficient (Wildman–Crippen LogP) is 1.04. The molecule has 0 aromatic carbocycles. The fourth-order valence-corrected chi connectivity index (χ4v) is 0.492. The fraction of sp³-hybridized carbons (Fsp3) is 0.800. The second kappa shape index (κ2) is 5.82. The number of halogens is 1. The lowest BCUT2D eigenvalue weighted by molar-refractivity contribution is -0.120. The van der Waals surface area contributed by atoms with E-state index in [1.165, 1.54) is 0 Å². The summed E-state index contributed by atoms with van der Waals surface area (Å²) in [5.41, 5.74) is 7.86. The van der Waals surface area contributed by atoms with Crippen LogP contribution in [0, 0.1) is 0 Å². The highest BCUT2D eigenvalue weighted by Gasteiger charge is 2.06. The highest BCUT2D eigenvalue weighted by atomic mass is 35.5. The third kappa shape index (κ3) is 5.51. The Morgan fingerprint density at radius 2 is 2.55 bits per heavy atom. The Hall–Kier alpha value is -0.930. The lowest BCUT2D eigenvalue weighted by atomic mass is 10.4. The zero-order valence-electron chi connectivity index (χ0n) is 6.12. The maximum atomic E-state index is 10.7. The molecule has 6 heteroatoms. The Balaban J connectivity index is 3.39. The van der Waals surface area contributed by atoms with Crippen LogP contribution in [-0.2, 0) is 4.79 Å². The van der Waals surface area contributed by atoms with Gasteiger partial charge in [0.25, 0.3) is 0 Å². The van der Waals surface area contributed by atoms with Crippen molar-refractivity contribution in [1.29, 1.82) is 0 Å². The average molecular weight is 177 g/mol. The monoisotopic (exact) mass is 176 g/mol. The molecule has 0 saturated carbocycles. The standard InChI is InChI=1S/C5H9ClN4O/c1-4(6)5(11)8-2-3-9-10-7/h4H,2-3H2,1H3,(H,8,11). The summed E-state index contributed by atoms with van der Waals surface area (Å²) in [6.07, 6.45) is 0. The van der Waals surface area contributed by atoms with E-state index in [1.807, 2.05) is 0 Å². The van der Waals surface area contributed by atoms with E-state index in [0.717, 1.165) is 0 Å². The van der Waals surface area contributed by atoms with Crippen LogP contribution in [-0.4, -0.2) is 24.4 Å². The van der Waals surface area contributed by atoms with Gasteiger partial charge in [0.2, 0.25) is 5.91 Å². The summed E-state index contributed by atoms with van der Waals surface area (Å²) in [6, 6.07) is 0. The van der Waals surface area contributed by atoms with Gasteiger partial charge < -0.3 is 5.32 Å². The maximum absolute atomic E-state index is 10.7. The first-order valence-corrected chi connectivity index (χ1v) is 3.54. The molecule has 5 nitrogen and oxygen atoms in total. The average Bonchev–Trinajstić information content (AvgIpc) is 1.97. The molecule has 1 atom stereocenters. The fourth-order valence-electron chi connectivity index (χ4n) is 0.414. The lowest BCUT2D eigenvalue weighted by Crippen LogP contribution is -2.31. The van der Waals surface area contributed by atoms with Crippen molar-refractivity contribution in [3.8, 4) is 0 Å². The molecule has 1 amide bonds. The van der Waals surface area contributed by atoms with Crippen LogP contribution < -0.4 is 5.32 Å². The van der Waals surface area contributed by atoms with Crippen molar-refractivity contribution in [1.82, 2.24) is 5.32 Å². The van der Waals surface area contributed by atoms with Crippen LogP contribution in [0.1, 0.15) is 6.92 Å². The summed E-state index contributed by atoms with van der Waals surface area (Å²) in [5.74, 6) is -0.250. The van der Waals surface area contributed by atoms with Gasteiger partial charge in [0, 0.05) is 18.0 Å². The largest absolute Gasteiger partial charge is 0.355 e. The SMILES string of the molecule is CC(Cl)C(=O)NCCN=[N+]=[N-]. The maximum Gasteiger partial charge on any atom is 0.237 e. The van der Waals surface area contributed by atoms with E-state index in [0.29, 0.717) is 6.54 Å². The molecule has 11 heavy (non-hydrogen) atoms. The number of alkyl halides is 1. The van der Waals surface area contributed by atoms with E-state index in [-0.39, 0.29) is 12.5 Å². The van der Waals surface area contributed by atoms with E-state index in [2.05, 4.69) is 15.3 Å². The minimum absolute atomic E-state index is 0.250. The summed E-state index contributed by atoms with van der Waals surface area (Å²) < 4.78 is 0. The molecular formula is C5H9ClN4O. The predicted molar refractivity (Wildman–Crippen MR) is 42.3 cm³/mol. The molecule has 0 saturated heterocycles. The smallest absolute Gasteiger partial charge is 0.237 e. The number of hydrogen-bond acceptors (Lipinski definition) is 2. The van der Waals surface area contributed by atoms with Crippen LogP contribution in [0.15, 0.2) is 5.11 Å². The van der Waals surface area contributed by atoms with Gasteiger partial charge in [-0.15, -0.1) is 11.6 Å². The van der Waals surface area contributed by atoms with Crippen molar-refractivity contribution in [2.24, 2.45) is 5.11 Å². The molecule has 0 aliphatic heterocycles. The molecule has 0 fully saturated rings. The Morgan fingerprint density at radius 3 is 3.00 bits per heavy atom. The molecule has 1 unspecified atom stereocenters. The molecule has 0 aliphatic rings. The van der Waals surface area contributed by atoms with Crippen molar-refractivity contribution >= 4 is 17.5 Å². The van der Waals surface area contributed by atoms with Crippen molar-refractivity contribution in [2.45, 2.75) is 12.3 Å². The molecule has 0 aromatic heterocycles. The first-order chi connectivity index (χ1) is 5.18. The van der Waals surface area contributed by atoms with Crippen LogP contribution in [0.5, 0.6) is 0 Å². The van der Waals surface area contributed by atoms with Crippen molar-refractivity contribution in [3.05, 3.63) is 10.4 Å². The van der Waals surface area contributed by atoms with Gasteiger partial charge in [-0.3, -0.25) is 4.79 Å². The van der Waals surface area contributed by atoms with Gasteiger partial charge in [0.15, 0.2) is 0 Å². The molecular weight excluding hydrogens is 168 g/mol. The van der Waals surface area contributed by atoms with Gasteiger partial charge >= 0.3 is 0 Å². The number of nitrogens with one attached hydrogen (secondary N) is 1. The van der Waals surface area contributed by atoms with Gasteiger partial charge in [-0.1, -0.05) is 5.11 Å². The van der Waals surface area contributed by atoms with E-state index < -0.39 is 5.38 Å². The summed E-state index contributed by atoms with van der Waals surface area (Å²) in [4.78, 5) is 13.2. The van der Waals surface area contributed by atoms with Crippen LogP contribution in [0.25, 0.3) is 10.4 Å². The lowest BCUT2D eigenvalue weighted by Gasteiger charge is -2.02. The number of hydrogen-bond donors (Lipinski definition) is 1. The molecule has 1 N–H and O–H groups in total. The zero-order valence-corrected chi connectivity index (χ0v) is 6.88. The number of nitrogens with zero attached hydrogens (tertiary/aromatic N) is 3. The van der Waals surface area contributed by atoms with Crippen LogP contribution in [0.4, 0.5) is 0 Å². The second-order valence-electron chi connectivity index (χ2n) is 1.86. The Kier molecular flexibility index (Phi) is 5.33. The molecule has 0 bridgehead atoms. The highest BCUT2D eigenvalue weighted by Crippen LogP contribution is 1.91.